The molecule has 0 spiro atoms. The van der Waals surface area contributed by atoms with Gasteiger partial charge in [-0.15, -0.1) is 0 Å². The van der Waals surface area contributed by atoms with Crippen molar-refractivity contribution in [1.29, 1.82) is 0 Å². The molecule has 0 aliphatic carbocycles. The zero-order valence-corrected chi connectivity index (χ0v) is 11.0. The van der Waals surface area contributed by atoms with Gasteiger partial charge in [-0.3, -0.25) is 9.48 Å². The molecule has 0 aliphatic heterocycles. The van der Waals surface area contributed by atoms with E-state index < -0.39 is 0 Å². The predicted molar refractivity (Wildman–Crippen MR) is 64.3 cm³/mol. The smallest absolute Gasteiger partial charge is 0.246 e. The molecule has 1 aromatic rings. The third kappa shape index (κ3) is 2.62. The minimum Gasteiger partial charge on any atom is -0.347 e. The first-order valence-electron chi connectivity index (χ1n) is 5.49. The fraction of sp³-hybridized carbons (Fsp3) is 0.667. The maximum atomic E-state index is 11.8. The van der Waals surface area contributed by atoms with Gasteiger partial charge in [-0.2, -0.15) is 5.10 Å². The molecule has 1 atom stereocenters. The van der Waals surface area contributed by atoms with Crippen molar-refractivity contribution < 1.29 is 4.79 Å². The molecule has 1 aromatic heterocycles. The molecule has 0 aliphatic rings. The number of rotatable bonds is 2. The molecule has 16 heavy (non-hydrogen) atoms. The predicted octanol–water partition coefficient (Wildman–Crippen LogP) is 1.83. The average molecular weight is 223 g/mol. The minimum absolute atomic E-state index is 0.0589. The van der Waals surface area contributed by atoms with Gasteiger partial charge in [-0.25, -0.2) is 0 Å². The number of carbonyl (C=O) groups is 1. The van der Waals surface area contributed by atoms with E-state index >= 15 is 0 Å². The molecule has 0 radical (unpaired) electrons. The summed E-state index contributed by atoms with van der Waals surface area (Å²) in [5.74, 6) is 0.0589. The van der Waals surface area contributed by atoms with E-state index in [0.717, 1.165) is 5.56 Å². The van der Waals surface area contributed by atoms with Gasteiger partial charge >= 0.3 is 0 Å². The van der Waals surface area contributed by atoms with Crippen LogP contribution in [0, 0.1) is 0 Å². The Bertz CT molecular complexity index is 374. The Kier molecular flexibility index (Phi) is 3.41. The van der Waals surface area contributed by atoms with E-state index in [1.165, 1.54) is 0 Å². The number of carbonyl (C=O) groups excluding carboxylic acids is 1. The standard InChI is InChI=1S/C12H21N3O/c1-9(11(16)14(5)6)15-8-10(7-13-15)12(2,3)4/h7-9H,1-6H3. The van der Waals surface area contributed by atoms with Gasteiger partial charge in [0.05, 0.1) is 6.20 Å². The first kappa shape index (κ1) is 12.7. The quantitative estimate of drug-likeness (QED) is 0.767. The molecule has 0 aromatic carbocycles. The minimum atomic E-state index is -0.244. The van der Waals surface area contributed by atoms with Gasteiger partial charge in [-0.05, 0) is 17.9 Å². The van der Waals surface area contributed by atoms with Crippen LogP contribution in [0.1, 0.15) is 39.3 Å². The van der Waals surface area contributed by atoms with Gasteiger partial charge in [0.15, 0.2) is 0 Å². The Hall–Kier alpha value is -1.32. The Balaban J connectivity index is 2.90. The van der Waals surface area contributed by atoms with E-state index in [4.69, 9.17) is 0 Å². The molecule has 0 saturated heterocycles. The zero-order chi connectivity index (χ0) is 12.5. The van der Waals surface area contributed by atoms with Crippen molar-refractivity contribution >= 4 is 5.91 Å². The molecule has 90 valence electrons. The highest BCUT2D eigenvalue weighted by molar-refractivity contribution is 5.79. The molecule has 4 heteroatoms. The van der Waals surface area contributed by atoms with Crippen LogP contribution in [0.4, 0.5) is 0 Å². The van der Waals surface area contributed by atoms with Crippen LogP contribution in [0.3, 0.4) is 0 Å². The van der Waals surface area contributed by atoms with Crippen LogP contribution < -0.4 is 0 Å². The zero-order valence-electron chi connectivity index (χ0n) is 11.0. The summed E-state index contributed by atoms with van der Waals surface area (Å²) in [6.07, 6.45) is 3.78. The molecule has 1 rings (SSSR count). The lowest BCUT2D eigenvalue weighted by atomic mass is 9.90. The molecule has 0 saturated carbocycles. The topological polar surface area (TPSA) is 38.1 Å². The first-order chi connectivity index (χ1) is 7.23. The second-order valence-electron chi connectivity index (χ2n) is 5.37. The number of hydrogen-bond acceptors (Lipinski definition) is 2. The van der Waals surface area contributed by atoms with Crippen LogP contribution in [-0.4, -0.2) is 34.7 Å². The second kappa shape index (κ2) is 4.28. The van der Waals surface area contributed by atoms with E-state index in [1.807, 2.05) is 19.3 Å². The molecule has 0 bridgehead atoms. The lowest BCUT2D eigenvalue weighted by Gasteiger charge is -2.18. The van der Waals surface area contributed by atoms with Crippen LogP contribution in [-0.2, 0) is 10.2 Å². The van der Waals surface area contributed by atoms with E-state index in [2.05, 4.69) is 25.9 Å². The maximum Gasteiger partial charge on any atom is 0.246 e. The summed E-state index contributed by atoms with van der Waals surface area (Å²) in [5.41, 5.74) is 1.21. The van der Waals surface area contributed by atoms with Gasteiger partial charge in [-0.1, -0.05) is 20.8 Å². The van der Waals surface area contributed by atoms with Crippen LogP contribution >= 0.6 is 0 Å². The third-order valence-corrected chi connectivity index (χ3v) is 2.66. The van der Waals surface area contributed by atoms with Crippen LogP contribution in [0.2, 0.25) is 0 Å². The fourth-order valence-corrected chi connectivity index (χ4v) is 1.42. The number of aromatic nitrogens is 2. The summed E-state index contributed by atoms with van der Waals surface area (Å²) >= 11 is 0. The molecule has 0 fully saturated rings. The van der Waals surface area contributed by atoms with Gasteiger partial charge < -0.3 is 4.90 Å². The van der Waals surface area contributed by atoms with Crippen LogP contribution in [0.15, 0.2) is 12.4 Å². The van der Waals surface area contributed by atoms with E-state index in [0.29, 0.717) is 0 Å². The number of hydrogen-bond donors (Lipinski definition) is 0. The van der Waals surface area contributed by atoms with Crippen molar-refractivity contribution in [2.45, 2.75) is 39.2 Å². The van der Waals surface area contributed by atoms with E-state index in [-0.39, 0.29) is 17.4 Å². The van der Waals surface area contributed by atoms with E-state index in [1.54, 1.807) is 23.7 Å². The largest absolute Gasteiger partial charge is 0.347 e. The molecule has 1 amide bonds. The van der Waals surface area contributed by atoms with E-state index in [9.17, 15) is 4.79 Å². The summed E-state index contributed by atoms with van der Waals surface area (Å²) in [4.78, 5) is 13.4. The highest BCUT2D eigenvalue weighted by Gasteiger charge is 2.21. The van der Waals surface area contributed by atoms with Crippen molar-refractivity contribution in [2.75, 3.05) is 14.1 Å². The van der Waals surface area contributed by atoms with Crippen molar-refractivity contribution in [2.24, 2.45) is 0 Å². The van der Waals surface area contributed by atoms with Gasteiger partial charge in [0.25, 0.3) is 0 Å². The highest BCUT2D eigenvalue weighted by atomic mass is 16.2. The van der Waals surface area contributed by atoms with Crippen molar-refractivity contribution in [3.63, 3.8) is 0 Å². The van der Waals surface area contributed by atoms with Crippen LogP contribution in [0.5, 0.6) is 0 Å². The summed E-state index contributed by atoms with van der Waals surface area (Å²) in [6, 6.07) is -0.244. The van der Waals surface area contributed by atoms with Crippen LogP contribution in [0.25, 0.3) is 0 Å². The Morgan fingerprint density at radius 1 is 1.44 bits per heavy atom. The van der Waals surface area contributed by atoms with Gasteiger partial charge in [0, 0.05) is 20.3 Å². The summed E-state index contributed by atoms with van der Waals surface area (Å²) in [7, 11) is 3.51. The molecule has 4 nitrogen and oxygen atoms in total. The number of likely N-dealkylation sites (N-methyl/N-ethyl adjacent to an activating group) is 1. The monoisotopic (exact) mass is 223 g/mol. The molecule has 1 unspecified atom stereocenters. The summed E-state index contributed by atoms with van der Waals surface area (Å²) in [6.45, 7) is 8.26. The summed E-state index contributed by atoms with van der Waals surface area (Å²) in [5, 5.41) is 4.26. The van der Waals surface area contributed by atoms with Crippen molar-refractivity contribution in [3.8, 4) is 0 Å². The SMILES string of the molecule is CC(C(=O)N(C)C)n1cc(C(C)(C)C)cn1. The lowest BCUT2D eigenvalue weighted by Crippen LogP contribution is -2.30. The molecule has 1 heterocycles. The average Bonchev–Trinajstić information content (AvgIpc) is 2.63. The Labute approximate surface area is 97.2 Å². The second-order valence-corrected chi connectivity index (χ2v) is 5.37. The maximum absolute atomic E-state index is 11.8. The number of nitrogens with zero attached hydrogens (tertiary/aromatic N) is 3. The molecular formula is C12H21N3O. The highest BCUT2D eigenvalue weighted by Crippen LogP contribution is 2.22. The lowest BCUT2D eigenvalue weighted by molar-refractivity contribution is -0.131. The van der Waals surface area contributed by atoms with Gasteiger partial charge in [0.1, 0.15) is 6.04 Å². The number of amides is 1. The normalized spacial score (nSPS) is 13.6. The molecular weight excluding hydrogens is 202 g/mol. The third-order valence-electron chi connectivity index (χ3n) is 2.66. The summed E-state index contributed by atoms with van der Waals surface area (Å²) < 4.78 is 1.73. The Morgan fingerprint density at radius 3 is 2.38 bits per heavy atom. The first-order valence-corrected chi connectivity index (χ1v) is 5.49. The molecule has 0 N–H and O–H groups in total. The van der Waals surface area contributed by atoms with Crippen molar-refractivity contribution in [1.82, 2.24) is 14.7 Å². The van der Waals surface area contributed by atoms with Crippen molar-refractivity contribution in [3.05, 3.63) is 18.0 Å². The Morgan fingerprint density at radius 2 is 2.00 bits per heavy atom. The fourth-order valence-electron chi connectivity index (χ4n) is 1.42. The van der Waals surface area contributed by atoms with Gasteiger partial charge in [0.2, 0.25) is 5.91 Å².